The van der Waals surface area contributed by atoms with E-state index in [1.54, 1.807) is 18.2 Å². The highest BCUT2D eigenvalue weighted by atomic mass is 32.2. The molecule has 1 aliphatic rings. The zero-order valence-electron chi connectivity index (χ0n) is 12.3. The molecule has 4 nitrogen and oxygen atoms in total. The second-order valence-electron chi connectivity index (χ2n) is 5.19. The molecule has 1 fully saturated rings. The summed E-state index contributed by atoms with van der Waals surface area (Å²) in [6, 6.07) is 12.2. The Morgan fingerprint density at radius 1 is 1.13 bits per heavy atom. The highest BCUT2D eigenvalue weighted by Crippen LogP contribution is 2.42. The van der Waals surface area contributed by atoms with E-state index in [2.05, 4.69) is 0 Å². The second-order valence-corrected chi connectivity index (χ2v) is 8.08. The molecule has 0 bridgehead atoms. The van der Waals surface area contributed by atoms with Gasteiger partial charge in [-0.05, 0) is 25.1 Å². The number of thioether (sulfide) groups is 1. The van der Waals surface area contributed by atoms with Crippen molar-refractivity contribution in [2.75, 3.05) is 5.75 Å². The van der Waals surface area contributed by atoms with Crippen LogP contribution in [0.2, 0.25) is 0 Å². The maximum absolute atomic E-state index is 14.0. The Morgan fingerprint density at radius 3 is 2.43 bits per heavy atom. The van der Waals surface area contributed by atoms with Crippen LogP contribution in [-0.2, 0) is 14.8 Å². The van der Waals surface area contributed by atoms with Crippen LogP contribution in [-0.4, -0.2) is 24.4 Å². The smallest absolute Gasteiger partial charge is 0.267 e. The van der Waals surface area contributed by atoms with Crippen molar-refractivity contribution >= 4 is 27.7 Å². The van der Waals surface area contributed by atoms with Crippen molar-refractivity contribution in [1.29, 1.82) is 0 Å². The predicted octanol–water partition coefficient (Wildman–Crippen LogP) is 3.10. The molecule has 0 N–H and O–H groups in total. The number of hydrogen-bond donors (Lipinski definition) is 0. The van der Waals surface area contributed by atoms with Gasteiger partial charge < -0.3 is 0 Å². The maximum atomic E-state index is 14.0. The normalized spacial score (nSPS) is 18.4. The minimum Gasteiger partial charge on any atom is -0.273 e. The molecule has 0 aliphatic carbocycles. The van der Waals surface area contributed by atoms with Crippen LogP contribution in [0, 0.1) is 12.7 Å². The van der Waals surface area contributed by atoms with E-state index in [1.165, 1.54) is 30.3 Å². The third-order valence-electron chi connectivity index (χ3n) is 3.57. The highest BCUT2D eigenvalue weighted by molar-refractivity contribution is 8.02. The number of carbonyl (C=O) groups excluding carboxylic acids is 1. The number of carbonyl (C=O) groups is 1. The minimum absolute atomic E-state index is 0.00406. The molecule has 1 amide bonds. The zero-order valence-corrected chi connectivity index (χ0v) is 13.9. The van der Waals surface area contributed by atoms with E-state index in [4.69, 9.17) is 0 Å². The molecule has 1 aliphatic heterocycles. The van der Waals surface area contributed by atoms with Gasteiger partial charge in [-0.15, -0.1) is 11.8 Å². The van der Waals surface area contributed by atoms with Crippen molar-refractivity contribution < 1.29 is 17.6 Å². The highest BCUT2D eigenvalue weighted by Gasteiger charge is 2.42. The molecule has 1 unspecified atom stereocenters. The average Bonchev–Trinajstić information content (AvgIpc) is 2.90. The van der Waals surface area contributed by atoms with Crippen LogP contribution in [0.5, 0.6) is 0 Å². The number of rotatable bonds is 3. The van der Waals surface area contributed by atoms with E-state index >= 15 is 0 Å². The summed E-state index contributed by atoms with van der Waals surface area (Å²) in [7, 11) is -4.02. The second kappa shape index (κ2) is 5.98. The van der Waals surface area contributed by atoms with Gasteiger partial charge >= 0.3 is 0 Å². The number of aryl methyl sites for hydroxylation is 1. The quantitative estimate of drug-likeness (QED) is 0.853. The summed E-state index contributed by atoms with van der Waals surface area (Å²) >= 11 is 1.11. The number of amides is 1. The third-order valence-corrected chi connectivity index (χ3v) is 6.70. The standard InChI is InChI=1S/C16H14FNO3S2/c1-11-6-8-12(9-7-11)23(20,21)18-15(19)10-22-16(18)13-4-2-3-5-14(13)17/h2-9,16H,10H2,1H3. The SMILES string of the molecule is Cc1ccc(S(=O)(=O)N2C(=O)CSC2c2ccccc2F)cc1. The number of halogens is 1. The van der Waals surface area contributed by atoms with Crippen molar-refractivity contribution in [3.63, 3.8) is 0 Å². The summed E-state index contributed by atoms with van der Waals surface area (Å²) in [6.45, 7) is 1.84. The molecule has 3 rings (SSSR count). The topological polar surface area (TPSA) is 54.5 Å². The first-order valence-corrected chi connectivity index (χ1v) is 9.40. The summed E-state index contributed by atoms with van der Waals surface area (Å²) in [6.07, 6.45) is 0. The first-order valence-electron chi connectivity index (χ1n) is 6.91. The van der Waals surface area contributed by atoms with Crippen LogP contribution in [0.3, 0.4) is 0 Å². The molecular weight excluding hydrogens is 337 g/mol. The Morgan fingerprint density at radius 2 is 1.78 bits per heavy atom. The van der Waals surface area contributed by atoms with Gasteiger partial charge in [0.15, 0.2) is 0 Å². The lowest BCUT2D eigenvalue weighted by molar-refractivity contribution is -0.123. The molecule has 0 aromatic heterocycles. The van der Waals surface area contributed by atoms with Crippen LogP contribution < -0.4 is 0 Å². The molecule has 0 saturated carbocycles. The van der Waals surface area contributed by atoms with Gasteiger partial charge in [0, 0.05) is 5.56 Å². The van der Waals surface area contributed by atoms with Crippen LogP contribution in [0.4, 0.5) is 4.39 Å². The number of nitrogens with zero attached hydrogens (tertiary/aromatic N) is 1. The fraction of sp³-hybridized carbons (Fsp3) is 0.188. The predicted molar refractivity (Wildman–Crippen MR) is 86.8 cm³/mol. The van der Waals surface area contributed by atoms with Crippen LogP contribution in [0.15, 0.2) is 53.4 Å². The summed E-state index contributed by atoms with van der Waals surface area (Å²) < 4.78 is 40.5. The summed E-state index contributed by atoms with van der Waals surface area (Å²) in [5.41, 5.74) is 1.11. The van der Waals surface area contributed by atoms with Gasteiger partial charge in [0.1, 0.15) is 11.2 Å². The van der Waals surface area contributed by atoms with Gasteiger partial charge in [0.05, 0.1) is 10.6 Å². The Hall–Kier alpha value is -1.86. The Bertz CT molecular complexity index is 850. The van der Waals surface area contributed by atoms with E-state index in [0.29, 0.717) is 0 Å². The number of benzene rings is 2. The molecular formula is C16H14FNO3S2. The van der Waals surface area contributed by atoms with Crippen molar-refractivity contribution in [1.82, 2.24) is 4.31 Å². The van der Waals surface area contributed by atoms with Gasteiger partial charge in [-0.3, -0.25) is 4.79 Å². The fourth-order valence-corrected chi connectivity index (χ4v) is 5.46. The van der Waals surface area contributed by atoms with Gasteiger partial charge in [-0.2, -0.15) is 0 Å². The van der Waals surface area contributed by atoms with Crippen LogP contribution in [0.1, 0.15) is 16.5 Å². The summed E-state index contributed by atoms with van der Waals surface area (Å²) in [5.74, 6) is -1.06. The zero-order chi connectivity index (χ0) is 16.6. The fourth-order valence-electron chi connectivity index (χ4n) is 2.39. The van der Waals surface area contributed by atoms with E-state index < -0.39 is 27.1 Å². The minimum atomic E-state index is -4.02. The molecule has 120 valence electrons. The Labute approximate surface area is 138 Å². The molecule has 7 heteroatoms. The molecule has 2 aromatic carbocycles. The first-order chi connectivity index (χ1) is 10.9. The van der Waals surface area contributed by atoms with Crippen molar-refractivity contribution in [2.24, 2.45) is 0 Å². The molecule has 0 spiro atoms. The monoisotopic (exact) mass is 351 g/mol. The van der Waals surface area contributed by atoms with Crippen molar-refractivity contribution in [3.8, 4) is 0 Å². The van der Waals surface area contributed by atoms with Gasteiger partial charge in [0.25, 0.3) is 10.0 Å². The lowest BCUT2D eigenvalue weighted by Gasteiger charge is -2.24. The van der Waals surface area contributed by atoms with E-state index in [0.717, 1.165) is 21.6 Å². The van der Waals surface area contributed by atoms with Gasteiger partial charge in [-0.1, -0.05) is 35.9 Å². The Kier molecular flexibility index (Phi) is 4.16. The van der Waals surface area contributed by atoms with E-state index in [-0.39, 0.29) is 16.2 Å². The molecule has 0 radical (unpaired) electrons. The van der Waals surface area contributed by atoms with Crippen molar-refractivity contribution in [3.05, 3.63) is 65.5 Å². The van der Waals surface area contributed by atoms with Crippen LogP contribution >= 0.6 is 11.8 Å². The van der Waals surface area contributed by atoms with Crippen molar-refractivity contribution in [2.45, 2.75) is 17.2 Å². The molecule has 1 atom stereocenters. The van der Waals surface area contributed by atoms with Gasteiger partial charge in [-0.25, -0.2) is 17.1 Å². The number of sulfonamides is 1. The molecule has 23 heavy (non-hydrogen) atoms. The number of hydrogen-bond acceptors (Lipinski definition) is 4. The maximum Gasteiger partial charge on any atom is 0.267 e. The summed E-state index contributed by atoms with van der Waals surface area (Å²) in [4.78, 5) is 12.2. The molecule has 1 saturated heterocycles. The third kappa shape index (κ3) is 2.86. The summed E-state index contributed by atoms with van der Waals surface area (Å²) in [5, 5.41) is -0.880. The lowest BCUT2D eigenvalue weighted by Crippen LogP contribution is -2.35. The van der Waals surface area contributed by atoms with E-state index in [9.17, 15) is 17.6 Å². The van der Waals surface area contributed by atoms with Gasteiger partial charge in [0.2, 0.25) is 5.91 Å². The largest absolute Gasteiger partial charge is 0.273 e. The molecule has 1 heterocycles. The first kappa shape index (κ1) is 16.0. The lowest BCUT2D eigenvalue weighted by atomic mass is 10.2. The van der Waals surface area contributed by atoms with E-state index in [1.807, 2.05) is 6.92 Å². The Balaban J connectivity index is 2.06. The van der Waals surface area contributed by atoms with Crippen LogP contribution in [0.25, 0.3) is 0 Å². The molecule has 2 aromatic rings. The average molecular weight is 351 g/mol.